The quantitative estimate of drug-likeness (QED) is 0.220. The number of ether oxygens (including phenoxy) is 4. The Kier molecular flexibility index (Phi) is 9.33. The van der Waals surface area contributed by atoms with Gasteiger partial charge in [-0.05, 0) is 79.9 Å². The number of thiazole rings is 1. The van der Waals surface area contributed by atoms with Gasteiger partial charge in [-0.25, -0.2) is 9.79 Å². The van der Waals surface area contributed by atoms with Crippen LogP contribution in [0.5, 0.6) is 17.2 Å². The second kappa shape index (κ2) is 13.3. The molecule has 0 bridgehead atoms. The molecule has 0 N–H and O–H groups in total. The van der Waals surface area contributed by atoms with Crippen molar-refractivity contribution in [1.82, 2.24) is 4.57 Å². The van der Waals surface area contributed by atoms with Crippen molar-refractivity contribution >= 4 is 35.0 Å². The number of halogens is 1. The predicted molar refractivity (Wildman–Crippen MR) is 167 cm³/mol. The van der Waals surface area contributed by atoms with E-state index in [1.807, 2.05) is 61.5 Å². The van der Waals surface area contributed by atoms with Gasteiger partial charge in [0.2, 0.25) is 0 Å². The first-order chi connectivity index (χ1) is 20.8. The molecule has 222 valence electrons. The average Bonchev–Trinajstić information content (AvgIpc) is 3.30. The Labute approximate surface area is 258 Å². The normalized spacial score (nSPS) is 14.6. The third-order valence-corrected chi connectivity index (χ3v) is 8.03. The molecule has 0 amide bonds. The van der Waals surface area contributed by atoms with Gasteiger partial charge >= 0.3 is 5.97 Å². The van der Waals surface area contributed by atoms with Gasteiger partial charge in [-0.2, -0.15) is 0 Å². The highest BCUT2D eigenvalue weighted by atomic mass is 35.5. The number of hydrogen-bond acceptors (Lipinski definition) is 8. The van der Waals surface area contributed by atoms with Crippen molar-refractivity contribution in [3.05, 3.63) is 119 Å². The van der Waals surface area contributed by atoms with Crippen molar-refractivity contribution in [2.45, 2.75) is 33.4 Å². The fourth-order valence-corrected chi connectivity index (χ4v) is 6.00. The fraction of sp³-hybridized carbons (Fsp3) is 0.242. The zero-order valence-electron chi connectivity index (χ0n) is 24.3. The molecular formula is C33H31ClN2O6S. The van der Waals surface area contributed by atoms with Crippen LogP contribution in [0.4, 0.5) is 0 Å². The lowest BCUT2D eigenvalue weighted by molar-refractivity contribution is -0.139. The molecule has 1 aliphatic heterocycles. The second-order valence-electron chi connectivity index (χ2n) is 9.63. The molecule has 0 saturated heterocycles. The third kappa shape index (κ3) is 6.53. The van der Waals surface area contributed by atoms with E-state index in [0.29, 0.717) is 61.7 Å². The van der Waals surface area contributed by atoms with Crippen molar-refractivity contribution in [2.24, 2.45) is 4.99 Å². The van der Waals surface area contributed by atoms with Crippen LogP contribution in [0.2, 0.25) is 5.02 Å². The molecule has 1 aliphatic rings. The van der Waals surface area contributed by atoms with E-state index in [1.54, 1.807) is 43.7 Å². The molecule has 8 nitrogen and oxygen atoms in total. The summed E-state index contributed by atoms with van der Waals surface area (Å²) in [6.45, 7) is 6.36. The lowest BCUT2D eigenvalue weighted by atomic mass is 9.95. The Balaban J connectivity index is 1.57. The maximum atomic E-state index is 14.0. The van der Waals surface area contributed by atoms with Crippen molar-refractivity contribution in [1.29, 1.82) is 0 Å². The van der Waals surface area contributed by atoms with Gasteiger partial charge in [0.25, 0.3) is 5.56 Å². The number of benzene rings is 3. The molecule has 2 heterocycles. The standard InChI is InChI=1S/C33H31ClN2O6S/c1-5-40-27-18-23(12-15-26(27)39-4)30-29(32(38)41-6-2)20(3)35-33-36(30)31(37)28(43-33)17-22-8-7-9-25(16-22)42-19-21-10-13-24(34)14-11-21/h7-18,30H,5-6,19H2,1-4H3/b28-17+/t30-/m0/s1. The highest BCUT2D eigenvalue weighted by Crippen LogP contribution is 2.36. The van der Waals surface area contributed by atoms with E-state index in [9.17, 15) is 9.59 Å². The number of fused-ring (bicyclic) bond motifs is 1. The van der Waals surface area contributed by atoms with Crippen molar-refractivity contribution < 1.29 is 23.7 Å². The number of carbonyl (C=O) groups excluding carboxylic acids is 1. The van der Waals surface area contributed by atoms with Crippen molar-refractivity contribution in [3.8, 4) is 17.2 Å². The highest BCUT2D eigenvalue weighted by molar-refractivity contribution is 7.07. The number of esters is 1. The van der Waals surface area contributed by atoms with Gasteiger partial charge in [0, 0.05) is 5.02 Å². The molecule has 0 aliphatic carbocycles. The first-order valence-corrected chi connectivity index (χ1v) is 15.0. The van der Waals surface area contributed by atoms with E-state index in [-0.39, 0.29) is 12.2 Å². The summed E-state index contributed by atoms with van der Waals surface area (Å²) in [7, 11) is 1.56. The van der Waals surface area contributed by atoms with Crippen LogP contribution in [0.25, 0.3) is 6.08 Å². The fourth-order valence-electron chi connectivity index (χ4n) is 4.83. The Morgan fingerprint density at radius 2 is 1.81 bits per heavy atom. The zero-order chi connectivity index (χ0) is 30.5. The first kappa shape index (κ1) is 30.1. The van der Waals surface area contributed by atoms with E-state index in [2.05, 4.69) is 4.99 Å². The number of carbonyl (C=O) groups is 1. The summed E-state index contributed by atoms with van der Waals surface area (Å²) >= 11 is 7.24. The van der Waals surface area contributed by atoms with Crippen LogP contribution in [0.3, 0.4) is 0 Å². The largest absolute Gasteiger partial charge is 0.493 e. The predicted octanol–water partition coefficient (Wildman–Crippen LogP) is 5.44. The van der Waals surface area contributed by atoms with E-state index in [4.69, 9.17) is 30.5 Å². The smallest absolute Gasteiger partial charge is 0.338 e. The third-order valence-electron chi connectivity index (χ3n) is 6.79. The Hall–Kier alpha value is -4.34. The number of allylic oxidation sites excluding steroid dienone is 1. The van der Waals surface area contributed by atoms with Crippen LogP contribution < -0.4 is 29.1 Å². The molecule has 0 saturated carbocycles. The summed E-state index contributed by atoms with van der Waals surface area (Å²) in [4.78, 5) is 32.4. The monoisotopic (exact) mass is 618 g/mol. The van der Waals surface area contributed by atoms with Gasteiger partial charge in [0.1, 0.15) is 12.4 Å². The Morgan fingerprint density at radius 1 is 1.02 bits per heavy atom. The molecule has 0 spiro atoms. The number of hydrogen-bond donors (Lipinski definition) is 0. The topological polar surface area (TPSA) is 88.4 Å². The molecule has 3 aromatic carbocycles. The van der Waals surface area contributed by atoms with Gasteiger partial charge in [0.15, 0.2) is 16.3 Å². The molecular weight excluding hydrogens is 588 g/mol. The van der Waals surface area contributed by atoms with E-state index in [1.165, 1.54) is 11.3 Å². The Morgan fingerprint density at radius 3 is 2.53 bits per heavy atom. The second-order valence-corrected chi connectivity index (χ2v) is 11.1. The molecule has 0 unspecified atom stereocenters. The van der Waals surface area contributed by atoms with Gasteiger partial charge in [0.05, 0.1) is 42.2 Å². The molecule has 10 heteroatoms. The summed E-state index contributed by atoms with van der Waals surface area (Å²) in [5, 5.41) is 0.667. The number of aromatic nitrogens is 1. The van der Waals surface area contributed by atoms with Gasteiger partial charge in [-0.1, -0.05) is 53.3 Å². The minimum Gasteiger partial charge on any atom is -0.493 e. The minimum atomic E-state index is -0.767. The Bertz CT molecular complexity index is 1860. The minimum absolute atomic E-state index is 0.190. The SMILES string of the molecule is CCOC(=O)C1=C(C)N=c2s/c(=C/c3cccc(OCc4ccc(Cl)cc4)c3)c(=O)n2[C@H]1c1ccc(OC)c(OCC)c1. The van der Waals surface area contributed by atoms with Gasteiger partial charge < -0.3 is 18.9 Å². The van der Waals surface area contributed by atoms with Crippen molar-refractivity contribution in [3.63, 3.8) is 0 Å². The van der Waals surface area contributed by atoms with Crippen LogP contribution in [0, 0.1) is 0 Å². The van der Waals surface area contributed by atoms with E-state index in [0.717, 1.165) is 11.1 Å². The molecule has 0 fully saturated rings. The van der Waals surface area contributed by atoms with Crippen molar-refractivity contribution in [2.75, 3.05) is 20.3 Å². The molecule has 1 aromatic heterocycles. The van der Waals surface area contributed by atoms with Crippen LogP contribution in [-0.2, 0) is 16.1 Å². The van der Waals surface area contributed by atoms with Gasteiger partial charge in [-0.3, -0.25) is 9.36 Å². The molecule has 1 atom stereocenters. The zero-order valence-corrected chi connectivity index (χ0v) is 25.8. The van der Waals surface area contributed by atoms with Crippen LogP contribution >= 0.6 is 22.9 Å². The molecule has 4 aromatic rings. The summed E-state index contributed by atoms with van der Waals surface area (Å²) in [5.74, 6) is 1.20. The number of rotatable bonds is 10. The lowest BCUT2D eigenvalue weighted by Crippen LogP contribution is -2.40. The highest BCUT2D eigenvalue weighted by Gasteiger charge is 2.34. The lowest BCUT2D eigenvalue weighted by Gasteiger charge is -2.25. The maximum absolute atomic E-state index is 14.0. The molecule has 0 radical (unpaired) electrons. The van der Waals surface area contributed by atoms with Gasteiger partial charge in [-0.15, -0.1) is 0 Å². The number of nitrogens with zero attached hydrogens (tertiary/aromatic N) is 2. The van der Waals surface area contributed by atoms with E-state index >= 15 is 0 Å². The summed E-state index contributed by atoms with van der Waals surface area (Å²) in [6.07, 6.45) is 1.80. The van der Waals surface area contributed by atoms with Crippen LogP contribution in [0.15, 0.2) is 87.8 Å². The summed E-state index contributed by atoms with van der Waals surface area (Å²) in [5.41, 5.74) is 2.96. The average molecular weight is 619 g/mol. The molecule has 43 heavy (non-hydrogen) atoms. The van der Waals surface area contributed by atoms with E-state index < -0.39 is 12.0 Å². The summed E-state index contributed by atoms with van der Waals surface area (Å²) < 4.78 is 24.7. The van der Waals surface area contributed by atoms with Crippen LogP contribution in [-0.4, -0.2) is 30.9 Å². The van der Waals surface area contributed by atoms with Crippen LogP contribution in [0.1, 0.15) is 43.5 Å². The summed E-state index contributed by atoms with van der Waals surface area (Å²) in [6, 6.07) is 19.6. The maximum Gasteiger partial charge on any atom is 0.338 e. The first-order valence-electron chi connectivity index (χ1n) is 13.8. The number of methoxy groups -OCH3 is 1. The molecule has 5 rings (SSSR count).